The fourth-order valence-electron chi connectivity index (χ4n) is 6.33. The summed E-state index contributed by atoms with van der Waals surface area (Å²) in [5.41, 5.74) is 2.02. The number of carbonyl (C=O) groups is 3. The van der Waals surface area contributed by atoms with Gasteiger partial charge in [0.2, 0.25) is 11.7 Å². The topological polar surface area (TPSA) is 82.9 Å². The first-order valence-corrected chi connectivity index (χ1v) is 15.8. The van der Waals surface area contributed by atoms with Crippen LogP contribution in [0.1, 0.15) is 59.5 Å². The van der Waals surface area contributed by atoms with Gasteiger partial charge in [0.25, 0.3) is 5.91 Å². The Balaban J connectivity index is 1.61. The lowest BCUT2D eigenvalue weighted by molar-refractivity contribution is -0.136. The molecule has 7 nitrogen and oxygen atoms in total. The quantitative estimate of drug-likeness (QED) is 0.283. The van der Waals surface area contributed by atoms with Gasteiger partial charge in [-0.3, -0.25) is 14.4 Å². The van der Waals surface area contributed by atoms with Gasteiger partial charge in [-0.1, -0.05) is 6.07 Å². The third-order valence-electron chi connectivity index (χ3n) is 8.32. The summed E-state index contributed by atoms with van der Waals surface area (Å²) in [4.78, 5) is 48.9. The van der Waals surface area contributed by atoms with Crippen LogP contribution in [-0.4, -0.2) is 59.6 Å². The standard InChI is InChI=1S/C32H32FN3O4S2/c1-18-9-15-41-29(18)25-24(28(37)23-8-7-20(3)40-23)26(30-19(2)10-16-42-30)36(31(38)21-5-4-6-22(33)17-21)27(25)32(39)35-13-11-34-12-14-35/h4-10,15-17,24-27,34H,11-14H2,1-3H3. The molecule has 0 bridgehead atoms. The average Bonchev–Trinajstić information content (AvgIpc) is 3.78. The van der Waals surface area contributed by atoms with Gasteiger partial charge < -0.3 is 19.5 Å². The van der Waals surface area contributed by atoms with E-state index in [1.54, 1.807) is 34.9 Å². The number of ketones is 1. The van der Waals surface area contributed by atoms with Gasteiger partial charge in [-0.05, 0) is 85.1 Å². The molecule has 218 valence electrons. The number of hydrogen-bond acceptors (Lipinski definition) is 7. The zero-order valence-electron chi connectivity index (χ0n) is 23.6. The zero-order valence-corrected chi connectivity index (χ0v) is 25.3. The smallest absolute Gasteiger partial charge is 0.255 e. The average molecular weight is 606 g/mol. The molecule has 2 saturated heterocycles. The van der Waals surface area contributed by atoms with E-state index >= 15 is 0 Å². The molecule has 2 fully saturated rings. The highest BCUT2D eigenvalue weighted by molar-refractivity contribution is 7.10. The first-order valence-electron chi connectivity index (χ1n) is 14.0. The Bertz CT molecular complexity index is 1640. The maximum Gasteiger partial charge on any atom is 0.255 e. The summed E-state index contributed by atoms with van der Waals surface area (Å²) in [5.74, 6) is -2.12. The van der Waals surface area contributed by atoms with Crippen molar-refractivity contribution in [3.05, 3.63) is 103 Å². The van der Waals surface area contributed by atoms with E-state index in [9.17, 15) is 18.8 Å². The highest BCUT2D eigenvalue weighted by Crippen LogP contribution is 2.55. The van der Waals surface area contributed by atoms with Crippen LogP contribution in [0.5, 0.6) is 0 Å². The number of benzene rings is 1. The molecular formula is C32H32FN3O4S2. The molecule has 5 heterocycles. The lowest BCUT2D eigenvalue weighted by atomic mass is 9.80. The van der Waals surface area contributed by atoms with Crippen LogP contribution in [0.4, 0.5) is 4.39 Å². The Hall–Kier alpha value is -3.60. The molecule has 4 unspecified atom stereocenters. The Morgan fingerprint density at radius 2 is 1.62 bits per heavy atom. The molecule has 4 aromatic rings. The number of hydrogen-bond donors (Lipinski definition) is 1. The van der Waals surface area contributed by atoms with Crippen molar-refractivity contribution >= 4 is 40.3 Å². The van der Waals surface area contributed by atoms with Crippen molar-refractivity contribution in [1.29, 1.82) is 0 Å². The van der Waals surface area contributed by atoms with Gasteiger partial charge in [-0.15, -0.1) is 22.7 Å². The lowest BCUT2D eigenvalue weighted by Gasteiger charge is -2.36. The summed E-state index contributed by atoms with van der Waals surface area (Å²) in [6, 6.07) is 11.1. The normalized spacial score (nSPS) is 22.5. The van der Waals surface area contributed by atoms with Gasteiger partial charge in [0.05, 0.1) is 12.0 Å². The summed E-state index contributed by atoms with van der Waals surface area (Å²) < 4.78 is 20.3. The van der Waals surface area contributed by atoms with Crippen LogP contribution >= 0.6 is 22.7 Å². The number of carbonyl (C=O) groups excluding carboxylic acids is 3. The number of piperazine rings is 1. The summed E-state index contributed by atoms with van der Waals surface area (Å²) in [7, 11) is 0. The van der Waals surface area contributed by atoms with E-state index in [1.165, 1.54) is 40.9 Å². The minimum atomic E-state index is -0.979. The van der Waals surface area contributed by atoms with Crippen molar-refractivity contribution in [2.45, 2.75) is 38.8 Å². The SMILES string of the molecule is Cc1ccc(C(=O)C2C(c3sccc3C)C(C(=O)N3CCNCC3)N(C(=O)c3cccc(F)c3)C2c2sccc2C)o1. The van der Waals surface area contributed by atoms with Crippen LogP contribution in [0.3, 0.4) is 0 Å². The number of furan rings is 1. The van der Waals surface area contributed by atoms with E-state index in [1.807, 2.05) is 36.7 Å². The minimum Gasteiger partial charge on any atom is -0.458 e. The molecule has 1 N–H and O–H groups in total. The van der Waals surface area contributed by atoms with Crippen molar-refractivity contribution in [2.75, 3.05) is 26.2 Å². The second-order valence-electron chi connectivity index (χ2n) is 10.9. The van der Waals surface area contributed by atoms with Crippen LogP contribution in [0, 0.1) is 32.5 Å². The number of amides is 2. The molecule has 0 aliphatic carbocycles. The van der Waals surface area contributed by atoms with Crippen LogP contribution in [0.2, 0.25) is 0 Å². The summed E-state index contributed by atoms with van der Waals surface area (Å²) >= 11 is 2.95. The van der Waals surface area contributed by atoms with E-state index < -0.39 is 35.6 Å². The van der Waals surface area contributed by atoms with Crippen molar-refractivity contribution in [3.63, 3.8) is 0 Å². The Morgan fingerprint density at radius 3 is 2.21 bits per heavy atom. The Labute approximate surface area is 251 Å². The molecule has 0 saturated carbocycles. The number of thiophene rings is 2. The monoisotopic (exact) mass is 605 g/mol. The number of Topliss-reactive ketones (excluding diaryl/α,β-unsaturated/α-hetero) is 1. The summed E-state index contributed by atoms with van der Waals surface area (Å²) in [6.45, 7) is 7.97. The fourth-order valence-corrected chi connectivity index (χ4v) is 8.50. The van der Waals surface area contributed by atoms with Gasteiger partial charge in [0.15, 0.2) is 5.76 Å². The highest BCUT2D eigenvalue weighted by atomic mass is 32.1. The fraction of sp³-hybridized carbons (Fsp3) is 0.344. The first-order chi connectivity index (χ1) is 20.3. The van der Waals surface area contributed by atoms with E-state index in [-0.39, 0.29) is 23.0 Å². The maximum absolute atomic E-state index is 14.6. The van der Waals surface area contributed by atoms with Crippen molar-refractivity contribution < 1.29 is 23.2 Å². The largest absolute Gasteiger partial charge is 0.458 e. The molecule has 1 aromatic carbocycles. The molecule has 3 aromatic heterocycles. The number of halogens is 1. The summed E-state index contributed by atoms with van der Waals surface area (Å²) in [5, 5.41) is 7.18. The third kappa shape index (κ3) is 5.01. The molecule has 0 spiro atoms. The Morgan fingerprint density at radius 1 is 0.929 bits per heavy atom. The van der Waals surface area contributed by atoms with Gasteiger partial charge in [-0.25, -0.2) is 4.39 Å². The van der Waals surface area contributed by atoms with Crippen molar-refractivity contribution in [2.24, 2.45) is 5.92 Å². The number of nitrogens with one attached hydrogen (secondary N) is 1. The van der Waals surface area contributed by atoms with E-state index in [2.05, 4.69) is 5.32 Å². The third-order valence-corrected chi connectivity index (χ3v) is 10.5. The van der Waals surface area contributed by atoms with E-state index in [0.29, 0.717) is 31.9 Å². The molecule has 6 rings (SSSR count). The van der Waals surface area contributed by atoms with Crippen LogP contribution in [0.25, 0.3) is 0 Å². The highest BCUT2D eigenvalue weighted by Gasteiger charge is 2.59. The molecule has 0 radical (unpaired) electrons. The predicted octanol–water partition coefficient (Wildman–Crippen LogP) is 5.75. The molecular weight excluding hydrogens is 574 g/mol. The van der Waals surface area contributed by atoms with Crippen LogP contribution in [0.15, 0.2) is 63.7 Å². The zero-order chi connectivity index (χ0) is 29.5. The molecule has 10 heteroatoms. The van der Waals surface area contributed by atoms with E-state index in [0.717, 1.165) is 20.9 Å². The first kappa shape index (κ1) is 28.5. The van der Waals surface area contributed by atoms with Crippen molar-refractivity contribution in [1.82, 2.24) is 15.1 Å². The van der Waals surface area contributed by atoms with Crippen molar-refractivity contribution in [3.8, 4) is 0 Å². The second-order valence-corrected chi connectivity index (χ2v) is 12.8. The van der Waals surface area contributed by atoms with Crippen LogP contribution < -0.4 is 5.32 Å². The molecule has 2 amide bonds. The molecule has 42 heavy (non-hydrogen) atoms. The van der Waals surface area contributed by atoms with Gasteiger partial charge in [-0.2, -0.15) is 0 Å². The maximum atomic E-state index is 14.6. The predicted molar refractivity (Wildman–Crippen MR) is 161 cm³/mol. The summed E-state index contributed by atoms with van der Waals surface area (Å²) in [6.07, 6.45) is 0. The van der Waals surface area contributed by atoms with Gasteiger partial charge in [0.1, 0.15) is 17.6 Å². The molecule has 2 aliphatic rings. The second kappa shape index (κ2) is 11.6. The minimum absolute atomic E-state index is 0.135. The number of rotatable bonds is 6. The molecule has 2 aliphatic heterocycles. The van der Waals surface area contributed by atoms with Gasteiger partial charge >= 0.3 is 0 Å². The number of aryl methyl sites for hydroxylation is 3. The van der Waals surface area contributed by atoms with Crippen LogP contribution in [-0.2, 0) is 4.79 Å². The van der Waals surface area contributed by atoms with Gasteiger partial charge in [0, 0.05) is 47.4 Å². The number of likely N-dealkylation sites (tertiary alicyclic amines) is 1. The van der Waals surface area contributed by atoms with E-state index in [4.69, 9.17) is 4.42 Å². The Kier molecular flexibility index (Phi) is 7.87. The molecule has 4 atom stereocenters. The number of nitrogens with zero attached hydrogens (tertiary/aromatic N) is 2. The lowest BCUT2D eigenvalue weighted by Crippen LogP contribution is -2.54.